The lowest BCUT2D eigenvalue weighted by Gasteiger charge is -2.17. The lowest BCUT2D eigenvalue weighted by atomic mass is 10.1. The van der Waals surface area contributed by atoms with Crippen molar-refractivity contribution in [1.82, 2.24) is 25.4 Å². The Kier molecular flexibility index (Phi) is 8.55. The zero-order valence-electron chi connectivity index (χ0n) is 20.3. The molecule has 0 aliphatic heterocycles. The Morgan fingerprint density at radius 2 is 1.94 bits per heavy atom. The van der Waals surface area contributed by atoms with Crippen molar-refractivity contribution < 1.29 is 29.0 Å². The van der Waals surface area contributed by atoms with E-state index in [0.29, 0.717) is 34.5 Å². The molecular formula is C23H30N6O6. The third kappa shape index (κ3) is 6.87. The van der Waals surface area contributed by atoms with Crippen LogP contribution < -0.4 is 20.1 Å². The molecular weight excluding hydrogens is 456 g/mol. The molecule has 35 heavy (non-hydrogen) atoms. The van der Waals surface area contributed by atoms with Crippen LogP contribution in [0.25, 0.3) is 23.0 Å². The van der Waals surface area contributed by atoms with E-state index in [9.17, 15) is 9.90 Å². The maximum Gasteiger partial charge on any atom is 0.277 e. The van der Waals surface area contributed by atoms with E-state index in [1.54, 1.807) is 12.1 Å². The molecule has 12 nitrogen and oxygen atoms in total. The topological polar surface area (TPSA) is 165 Å². The van der Waals surface area contributed by atoms with Crippen LogP contribution in [-0.4, -0.2) is 75.2 Å². The number of methoxy groups -OCH3 is 1. The maximum absolute atomic E-state index is 11.1. The Balaban J connectivity index is 1.79. The standard InChI is InChI=1S/C23H30N6O6/c1-12(2)25-23-26-14(4)7-17(27-23)22-28-21(29-35-22)15-6-13(3)20(18(8-15)33-5)34-11-16(31)9-24-19(32)10-30/h6-8,12,16,30-31H,9-11H2,1-5H3,(H,24,32)(H,25,26,27)/t16-/m0/s1. The van der Waals surface area contributed by atoms with E-state index in [0.717, 1.165) is 11.3 Å². The molecule has 4 N–H and O–H groups in total. The van der Waals surface area contributed by atoms with Gasteiger partial charge < -0.3 is 34.8 Å². The van der Waals surface area contributed by atoms with Crippen molar-refractivity contribution in [3.05, 3.63) is 29.5 Å². The van der Waals surface area contributed by atoms with Crippen molar-refractivity contribution >= 4 is 11.9 Å². The predicted molar refractivity (Wildman–Crippen MR) is 127 cm³/mol. The minimum Gasteiger partial charge on any atom is -0.493 e. The lowest BCUT2D eigenvalue weighted by Crippen LogP contribution is -2.36. The average molecular weight is 487 g/mol. The second-order valence-electron chi connectivity index (χ2n) is 8.19. The molecule has 0 fully saturated rings. The molecule has 0 radical (unpaired) electrons. The molecule has 3 aromatic rings. The summed E-state index contributed by atoms with van der Waals surface area (Å²) in [5.74, 6) is 1.34. The number of aliphatic hydroxyl groups is 2. The molecule has 1 aromatic carbocycles. The quantitative estimate of drug-likeness (QED) is 0.310. The number of ether oxygens (including phenoxy) is 2. The van der Waals surface area contributed by atoms with Crippen molar-refractivity contribution in [2.24, 2.45) is 0 Å². The summed E-state index contributed by atoms with van der Waals surface area (Å²) >= 11 is 0. The number of rotatable bonds is 11. The molecule has 0 bridgehead atoms. The number of carbonyl (C=O) groups excluding carboxylic acids is 1. The minimum atomic E-state index is -0.972. The van der Waals surface area contributed by atoms with Gasteiger partial charge in [0.1, 0.15) is 25.0 Å². The fraction of sp³-hybridized carbons (Fsp3) is 0.435. The smallest absolute Gasteiger partial charge is 0.277 e. The Labute approximate surface area is 202 Å². The summed E-state index contributed by atoms with van der Waals surface area (Å²) in [5, 5.41) is 28.4. The maximum atomic E-state index is 11.1. The highest BCUT2D eigenvalue weighted by Crippen LogP contribution is 2.36. The summed E-state index contributed by atoms with van der Waals surface area (Å²) in [7, 11) is 1.50. The number of anilines is 1. The van der Waals surface area contributed by atoms with Crippen molar-refractivity contribution in [2.75, 3.05) is 32.2 Å². The molecule has 3 rings (SSSR count). The molecule has 0 saturated heterocycles. The van der Waals surface area contributed by atoms with Crippen LogP contribution in [0.2, 0.25) is 0 Å². The van der Waals surface area contributed by atoms with Crippen molar-refractivity contribution in [3.63, 3.8) is 0 Å². The van der Waals surface area contributed by atoms with Gasteiger partial charge >= 0.3 is 0 Å². The Morgan fingerprint density at radius 1 is 1.17 bits per heavy atom. The molecule has 188 valence electrons. The first-order chi connectivity index (χ1) is 16.7. The van der Waals surface area contributed by atoms with Gasteiger partial charge in [0.2, 0.25) is 17.7 Å². The number of carbonyl (C=O) groups is 1. The number of hydrogen-bond donors (Lipinski definition) is 4. The zero-order chi connectivity index (χ0) is 25.5. The molecule has 12 heteroatoms. The highest BCUT2D eigenvalue weighted by atomic mass is 16.5. The molecule has 0 aliphatic carbocycles. The third-order valence-corrected chi connectivity index (χ3v) is 4.73. The van der Waals surface area contributed by atoms with Crippen LogP contribution in [0.4, 0.5) is 5.95 Å². The van der Waals surface area contributed by atoms with E-state index >= 15 is 0 Å². The highest BCUT2D eigenvalue weighted by Gasteiger charge is 2.18. The second-order valence-corrected chi connectivity index (χ2v) is 8.19. The second kappa shape index (κ2) is 11.6. The SMILES string of the molecule is COc1cc(-c2noc(-c3cc(C)nc(NC(C)C)n3)n2)cc(C)c1OC[C@@H](O)CNC(=O)CO. The summed E-state index contributed by atoms with van der Waals surface area (Å²) in [6.07, 6.45) is -0.972. The Hall–Kier alpha value is -3.77. The van der Waals surface area contributed by atoms with Crippen LogP contribution in [0.1, 0.15) is 25.1 Å². The average Bonchev–Trinajstić information content (AvgIpc) is 3.31. The fourth-order valence-corrected chi connectivity index (χ4v) is 3.18. The van der Waals surface area contributed by atoms with Crippen molar-refractivity contribution in [3.8, 4) is 34.5 Å². The molecule has 2 aromatic heterocycles. The predicted octanol–water partition coefficient (Wildman–Crippen LogP) is 1.49. The normalized spacial score (nSPS) is 11.9. The monoisotopic (exact) mass is 486 g/mol. The number of nitrogens with one attached hydrogen (secondary N) is 2. The molecule has 0 spiro atoms. The van der Waals surface area contributed by atoms with Gasteiger partial charge in [0.25, 0.3) is 5.89 Å². The van der Waals surface area contributed by atoms with Crippen LogP contribution in [0, 0.1) is 13.8 Å². The molecule has 0 aliphatic rings. The Bertz CT molecular complexity index is 1170. The van der Waals surface area contributed by atoms with E-state index < -0.39 is 18.6 Å². The van der Waals surface area contributed by atoms with Crippen LogP contribution >= 0.6 is 0 Å². The number of nitrogens with zero attached hydrogens (tertiary/aromatic N) is 4. The van der Waals surface area contributed by atoms with E-state index in [2.05, 4.69) is 30.7 Å². The zero-order valence-corrected chi connectivity index (χ0v) is 20.3. The summed E-state index contributed by atoms with van der Waals surface area (Å²) in [5.41, 5.74) is 2.63. The fourth-order valence-electron chi connectivity index (χ4n) is 3.18. The van der Waals surface area contributed by atoms with Gasteiger partial charge in [-0.2, -0.15) is 4.98 Å². The molecule has 1 amide bonds. The van der Waals surface area contributed by atoms with Crippen LogP contribution in [0.15, 0.2) is 22.7 Å². The largest absolute Gasteiger partial charge is 0.493 e. The number of hydrogen-bond acceptors (Lipinski definition) is 11. The summed E-state index contributed by atoms with van der Waals surface area (Å²) in [4.78, 5) is 24.4. The van der Waals surface area contributed by atoms with Crippen LogP contribution in [0.3, 0.4) is 0 Å². The number of aryl methyl sites for hydroxylation is 2. The Morgan fingerprint density at radius 3 is 2.63 bits per heavy atom. The van der Waals surface area contributed by atoms with Gasteiger partial charge in [-0.25, -0.2) is 9.97 Å². The third-order valence-electron chi connectivity index (χ3n) is 4.73. The van der Waals surface area contributed by atoms with E-state index in [1.807, 2.05) is 33.8 Å². The molecule has 2 heterocycles. The van der Waals surface area contributed by atoms with E-state index in [-0.39, 0.29) is 25.1 Å². The molecule has 0 saturated carbocycles. The first-order valence-corrected chi connectivity index (χ1v) is 11.0. The van der Waals surface area contributed by atoms with Crippen LogP contribution in [-0.2, 0) is 4.79 Å². The number of benzene rings is 1. The van der Waals surface area contributed by atoms with Crippen molar-refractivity contribution in [2.45, 2.75) is 39.8 Å². The van der Waals surface area contributed by atoms with Crippen molar-refractivity contribution in [1.29, 1.82) is 0 Å². The van der Waals surface area contributed by atoms with E-state index in [4.69, 9.17) is 19.1 Å². The van der Waals surface area contributed by atoms with Gasteiger partial charge in [-0.15, -0.1) is 0 Å². The van der Waals surface area contributed by atoms with Gasteiger partial charge in [0, 0.05) is 23.8 Å². The van der Waals surface area contributed by atoms with Gasteiger partial charge in [0.05, 0.1) is 7.11 Å². The number of amides is 1. The van der Waals surface area contributed by atoms with Gasteiger partial charge in [-0.1, -0.05) is 5.16 Å². The summed E-state index contributed by atoms with van der Waals surface area (Å²) in [6.45, 7) is 6.88. The van der Waals surface area contributed by atoms with Gasteiger partial charge in [-0.3, -0.25) is 4.79 Å². The minimum absolute atomic E-state index is 0.0542. The number of aliphatic hydroxyl groups excluding tert-OH is 2. The molecule has 0 unspecified atom stereocenters. The first kappa shape index (κ1) is 25.8. The molecule has 1 atom stereocenters. The van der Waals surface area contributed by atoms with Gasteiger partial charge in [0.15, 0.2) is 11.5 Å². The van der Waals surface area contributed by atoms with Crippen LogP contribution in [0.5, 0.6) is 11.5 Å². The summed E-state index contributed by atoms with van der Waals surface area (Å²) in [6, 6.07) is 5.44. The summed E-state index contributed by atoms with van der Waals surface area (Å²) < 4.78 is 16.7. The lowest BCUT2D eigenvalue weighted by molar-refractivity contribution is -0.124. The first-order valence-electron chi connectivity index (χ1n) is 11.0. The number of aromatic nitrogens is 4. The van der Waals surface area contributed by atoms with E-state index in [1.165, 1.54) is 7.11 Å². The van der Waals surface area contributed by atoms with Gasteiger partial charge in [-0.05, 0) is 51.5 Å². The highest BCUT2D eigenvalue weighted by molar-refractivity contribution is 5.76.